The zero-order valence-electron chi connectivity index (χ0n) is 15.8. The van der Waals surface area contributed by atoms with Crippen molar-refractivity contribution in [3.63, 3.8) is 0 Å². The lowest BCUT2D eigenvalue weighted by Gasteiger charge is -2.47. The Kier molecular flexibility index (Phi) is 5.51. The van der Waals surface area contributed by atoms with E-state index in [0.29, 0.717) is 24.2 Å². The Morgan fingerprint density at radius 3 is 2.40 bits per heavy atom. The molecule has 4 fully saturated rings. The predicted octanol–water partition coefficient (Wildman–Crippen LogP) is 3.13. The number of carbonyl (C=O) groups excluding carboxylic acids is 1. The van der Waals surface area contributed by atoms with Crippen LogP contribution in [0.4, 0.5) is 4.79 Å². The first kappa shape index (κ1) is 17.6. The van der Waals surface area contributed by atoms with Gasteiger partial charge in [-0.2, -0.15) is 0 Å². The maximum atomic E-state index is 13.1. The molecule has 3 saturated heterocycles. The Labute approximate surface area is 152 Å². The van der Waals surface area contributed by atoms with Crippen LogP contribution in [0.5, 0.6) is 0 Å². The van der Waals surface area contributed by atoms with Gasteiger partial charge in [0, 0.05) is 37.3 Å². The number of carbonyl (C=O) groups is 1. The van der Waals surface area contributed by atoms with E-state index in [9.17, 15) is 4.79 Å². The number of amides is 2. The van der Waals surface area contributed by atoms with Crippen LogP contribution in [0.3, 0.4) is 0 Å². The molecule has 0 spiro atoms. The molecule has 1 saturated carbocycles. The van der Waals surface area contributed by atoms with Gasteiger partial charge in [0.1, 0.15) is 0 Å². The lowest BCUT2D eigenvalue weighted by molar-refractivity contribution is 0.0446. The Morgan fingerprint density at radius 1 is 1.04 bits per heavy atom. The molecule has 1 N–H and O–H groups in total. The first-order valence-electron chi connectivity index (χ1n) is 10.6. The molecular weight excluding hydrogens is 314 g/mol. The summed E-state index contributed by atoms with van der Waals surface area (Å²) in [6, 6.07) is 2.28. The molecule has 142 valence electrons. The van der Waals surface area contributed by atoms with Crippen molar-refractivity contribution in [2.45, 2.75) is 101 Å². The molecular formula is C20H35N3O2. The molecule has 2 amide bonds. The quantitative estimate of drug-likeness (QED) is 0.848. The lowest BCUT2D eigenvalue weighted by atomic mass is 9.82. The van der Waals surface area contributed by atoms with Crippen LogP contribution in [0.25, 0.3) is 0 Å². The van der Waals surface area contributed by atoms with Gasteiger partial charge in [0.2, 0.25) is 0 Å². The van der Waals surface area contributed by atoms with E-state index in [4.69, 9.17) is 4.74 Å². The van der Waals surface area contributed by atoms with Crippen LogP contribution in [0.15, 0.2) is 0 Å². The zero-order chi connectivity index (χ0) is 17.2. The Balaban J connectivity index is 1.37. The second kappa shape index (κ2) is 7.83. The minimum atomic E-state index is 0.176. The summed E-state index contributed by atoms with van der Waals surface area (Å²) >= 11 is 0. The minimum Gasteiger partial charge on any atom is -0.376 e. The highest BCUT2D eigenvalue weighted by molar-refractivity contribution is 5.75. The monoisotopic (exact) mass is 349 g/mol. The summed E-state index contributed by atoms with van der Waals surface area (Å²) in [4.78, 5) is 17.8. The van der Waals surface area contributed by atoms with Crippen molar-refractivity contribution < 1.29 is 9.53 Å². The molecule has 5 nitrogen and oxygen atoms in total. The average Bonchev–Trinajstić information content (AvgIpc) is 3.27. The molecule has 0 radical (unpaired) electrons. The van der Waals surface area contributed by atoms with Crippen molar-refractivity contribution >= 4 is 6.03 Å². The number of piperidine rings is 2. The molecule has 0 unspecified atom stereocenters. The van der Waals surface area contributed by atoms with Crippen LogP contribution in [0, 0.1) is 0 Å². The maximum Gasteiger partial charge on any atom is 0.317 e. The maximum absolute atomic E-state index is 13.1. The summed E-state index contributed by atoms with van der Waals surface area (Å²) in [5.41, 5.74) is 0. The van der Waals surface area contributed by atoms with Crippen molar-refractivity contribution in [1.29, 1.82) is 0 Å². The van der Waals surface area contributed by atoms with Crippen molar-refractivity contribution in [3.05, 3.63) is 0 Å². The molecule has 2 bridgehead atoms. The molecule has 25 heavy (non-hydrogen) atoms. The van der Waals surface area contributed by atoms with Crippen molar-refractivity contribution in [2.75, 3.05) is 20.2 Å². The Hall–Kier alpha value is -0.810. The van der Waals surface area contributed by atoms with E-state index < -0.39 is 0 Å². The van der Waals surface area contributed by atoms with E-state index in [0.717, 1.165) is 38.8 Å². The third-order valence-electron chi connectivity index (χ3n) is 7.12. The summed E-state index contributed by atoms with van der Waals surface area (Å²) in [7, 11) is 2.27. The number of ether oxygens (including phenoxy) is 1. The fraction of sp³-hybridized carbons (Fsp3) is 0.950. The average molecular weight is 350 g/mol. The van der Waals surface area contributed by atoms with Crippen LogP contribution < -0.4 is 5.32 Å². The van der Waals surface area contributed by atoms with E-state index in [1.54, 1.807) is 0 Å². The number of hydrogen-bond donors (Lipinski definition) is 1. The van der Waals surface area contributed by atoms with Crippen molar-refractivity contribution in [3.8, 4) is 0 Å². The number of hydrogen-bond acceptors (Lipinski definition) is 3. The molecule has 0 aromatic rings. The van der Waals surface area contributed by atoms with Crippen LogP contribution in [-0.4, -0.2) is 66.3 Å². The summed E-state index contributed by atoms with van der Waals surface area (Å²) in [5, 5.41) is 3.42. The molecule has 4 rings (SSSR count). The van der Waals surface area contributed by atoms with Crippen LogP contribution in [0.2, 0.25) is 0 Å². The topological polar surface area (TPSA) is 44.8 Å². The van der Waals surface area contributed by atoms with Crippen molar-refractivity contribution in [2.24, 2.45) is 0 Å². The van der Waals surface area contributed by atoms with Gasteiger partial charge in [0.05, 0.1) is 6.10 Å². The molecule has 3 aliphatic heterocycles. The Bertz CT molecular complexity index is 446. The van der Waals surface area contributed by atoms with Gasteiger partial charge in [-0.25, -0.2) is 4.79 Å². The second-order valence-corrected chi connectivity index (χ2v) is 8.75. The lowest BCUT2D eigenvalue weighted by Crippen LogP contribution is -2.58. The largest absolute Gasteiger partial charge is 0.376 e. The zero-order valence-corrected chi connectivity index (χ0v) is 15.8. The van der Waals surface area contributed by atoms with E-state index >= 15 is 0 Å². The standard InChI is InChI=1S/C20H35N3O2/c1-22-17-8-4-9-18(22)13-15(12-17)21-20(24)23(16-6-2-3-7-16)14-19-10-5-11-25-19/h15-19H,2-14H2,1H3,(H,21,24)/t17-,18-,19-/m0/s1. The van der Waals surface area contributed by atoms with Gasteiger partial charge in [0.15, 0.2) is 0 Å². The molecule has 5 heteroatoms. The van der Waals surface area contributed by atoms with Gasteiger partial charge < -0.3 is 19.9 Å². The predicted molar refractivity (Wildman–Crippen MR) is 98.7 cm³/mol. The van der Waals surface area contributed by atoms with Gasteiger partial charge in [-0.1, -0.05) is 19.3 Å². The SMILES string of the molecule is CN1[C@H]2CCC[C@H]1CC(NC(=O)N(C[C@@H]1CCCO1)C1CCCC1)C2. The molecule has 1 aliphatic carbocycles. The fourth-order valence-corrected chi connectivity index (χ4v) is 5.61. The molecule has 3 heterocycles. The highest BCUT2D eigenvalue weighted by atomic mass is 16.5. The minimum absolute atomic E-state index is 0.176. The number of urea groups is 1. The third-order valence-corrected chi connectivity index (χ3v) is 7.12. The summed E-state index contributed by atoms with van der Waals surface area (Å²) in [6.07, 6.45) is 13.5. The number of rotatable bonds is 4. The highest BCUT2D eigenvalue weighted by Crippen LogP contribution is 2.33. The smallest absolute Gasteiger partial charge is 0.317 e. The van der Waals surface area contributed by atoms with E-state index in [2.05, 4.69) is 22.2 Å². The normalized spacial score (nSPS) is 36.5. The highest BCUT2D eigenvalue weighted by Gasteiger charge is 2.38. The number of nitrogens with one attached hydrogen (secondary N) is 1. The summed E-state index contributed by atoms with van der Waals surface area (Å²) < 4.78 is 5.83. The molecule has 3 atom stereocenters. The summed E-state index contributed by atoms with van der Waals surface area (Å²) in [6.45, 7) is 1.65. The van der Waals surface area contributed by atoms with Gasteiger partial charge in [-0.3, -0.25) is 0 Å². The molecule has 4 aliphatic rings. The van der Waals surface area contributed by atoms with E-state index in [-0.39, 0.29) is 12.1 Å². The Morgan fingerprint density at radius 2 is 1.76 bits per heavy atom. The van der Waals surface area contributed by atoms with Gasteiger partial charge in [0.25, 0.3) is 0 Å². The number of fused-ring (bicyclic) bond motifs is 2. The van der Waals surface area contributed by atoms with E-state index in [1.807, 2.05) is 0 Å². The summed E-state index contributed by atoms with van der Waals surface area (Å²) in [5.74, 6) is 0. The van der Waals surface area contributed by atoms with Gasteiger partial charge in [-0.05, 0) is 58.4 Å². The third kappa shape index (κ3) is 3.97. The van der Waals surface area contributed by atoms with Gasteiger partial charge >= 0.3 is 6.03 Å². The van der Waals surface area contributed by atoms with Crippen LogP contribution in [-0.2, 0) is 4.74 Å². The van der Waals surface area contributed by atoms with Crippen LogP contribution in [0.1, 0.15) is 70.6 Å². The fourth-order valence-electron chi connectivity index (χ4n) is 5.61. The number of nitrogens with zero attached hydrogens (tertiary/aromatic N) is 2. The van der Waals surface area contributed by atoms with E-state index in [1.165, 1.54) is 44.9 Å². The first-order valence-corrected chi connectivity index (χ1v) is 10.6. The van der Waals surface area contributed by atoms with Crippen LogP contribution >= 0.6 is 0 Å². The first-order chi connectivity index (χ1) is 12.2. The molecule has 0 aromatic heterocycles. The second-order valence-electron chi connectivity index (χ2n) is 8.75. The van der Waals surface area contributed by atoms with Gasteiger partial charge in [-0.15, -0.1) is 0 Å². The van der Waals surface area contributed by atoms with Crippen molar-refractivity contribution in [1.82, 2.24) is 15.1 Å². The molecule has 0 aromatic carbocycles.